The molecular weight excluding hydrogens is 196 g/mol. The fourth-order valence-electron chi connectivity index (χ4n) is 3.68. The lowest BCUT2D eigenvalue weighted by Crippen LogP contribution is -2.40. The van der Waals surface area contributed by atoms with Gasteiger partial charge >= 0.3 is 0 Å². The summed E-state index contributed by atoms with van der Waals surface area (Å²) < 4.78 is 0. The van der Waals surface area contributed by atoms with Crippen molar-refractivity contribution in [1.82, 2.24) is 10.2 Å². The van der Waals surface area contributed by atoms with E-state index in [0.29, 0.717) is 6.04 Å². The molecule has 4 atom stereocenters. The molecule has 0 bridgehead atoms. The molecule has 2 rings (SSSR count). The predicted octanol–water partition coefficient (Wildman–Crippen LogP) is 2.49. The summed E-state index contributed by atoms with van der Waals surface area (Å²) in [6.07, 6.45) is 5.59. The van der Waals surface area contributed by atoms with E-state index in [2.05, 4.69) is 31.0 Å². The Kier molecular flexibility index (Phi) is 4.26. The first kappa shape index (κ1) is 12.4. The molecule has 1 aliphatic carbocycles. The minimum Gasteiger partial charge on any atom is -0.313 e. The maximum absolute atomic E-state index is 3.60. The summed E-state index contributed by atoms with van der Waals surface area (Å²) >= 11 is 0. The van der Waals surface area contributed by atoms with Gasteiger partial charge in [0.15, 0.2) is 0 Å². The van der Waals surface area contributed by atoms with Gasteiger partial charge < -0.3 is 5.32 Å². The summed E-state index contributed by atoms with van der Waals surface area (Å²) in [5.41, 5.74) is 0. The molecule has 1 saturated heterocycles. The first-order valence-corrected chi connectivity index (χ1v) is 7.19. The molecule has 0 aromatic rings. The zero-order valence-corrected chi connectivity index (χ0v) is 11.2. The quantitative estimate of drug-likeness (QED) is 0.775. The zero-order chi connectivity index (χ0) is 11.5. The third-order valence-corrected chi connectivity index (χ3v) is 4.92. The monoisotopic (exact) mass is 224 g/mol. The Morgan fingerprint density at radius 1 is 1.12 bits per heavy atom. The van der Waals surface area contributed by atoms with Crippen LogP contribution in [-0.4, -0.2) is 36.6 Å². The summed E-state index contributed by atoms with van der Waals surface area (Å²) in [5.74, 6) is 1.90. The van der Waals surface area contributed by atoms with Gasteiger partial charge in [-0.2, -0.15) is 0 Å². The number of hydrogen-bond donors (Lipinski definition) is 1. The van der Waals surface area contributed by atoms with Crippen molar-refractivity contribution in [2.75, 3.05) is 19.6 Å². The van der Waals surface area contributed by atoms with E-state index >= 15 is 0 Å². The van der Waals surface area contributed by atoms with Gasteiger partial charge in [0, 0.05) is 25.2 Å². The van der Waals surface area contributed by atoms with Crippen LogP contribution >= 0.6 is 0 Å². The maximum atomic E-state index is 3.60. The average Bonchev–Trinajstić information content (AvgIpc) is 2.50. The van der Waals surface area contributed by atoms with Crippen LogP contribution < -0.4 is 5.32 Å². The Morgan fingerprint density at radius 2 is 1.94 bits per heavy atom. The number of nitrogens with one attached hydrogen (secondary N) is 1. The minimum atomic E-state index is 0.712. The van der Waals surface area contributed by atoms with E-state index in [1.54, 1.807) is 0 Å². The second kappa shape index (κ2) is 5.50. The third-order valence-electron chi connectivity index (χ3n) is 4.92. The summed E-state index contributed by atoms with van der Waals surface area (Å²) in [6.45, 7) is 10.9. The van der Waals surface area contributed by atoms with Gasteiger partial charge in [0.2, 0.25) is 0 Å². The standard InChI is InChI=1S/C14H28N2/c1-4-13-5-6-14(12(13)3)16-9-7-11(2)15-8-10-16/h11-15H,4-10H2,1-3H3. The van der Waals surface area contributed by atoms with Crippen LogP contribution in [0.2, 0.25) is 0 Å². The van der Waals surface area contributed by atoms with Crippen molar-refractivity contribution in [3.63, 3.8) is 0 Å². The molecule has 2 nitrogen and oxygen atoms in total. The van der Waals surface area contributed by atoms with Crippen molar-refractivity contribution in [2.45, 2.75) is 58.5 Å². The molecule has 0 radical (unpaired) electrons. The predicted molar refractivity (Wildman–Crippen MR) is 69.6 cm³/mol. The van der Waals surface area contributed by atoms with Gasteiger partial charge in [-0.05, 0) is 44.6 Å². The van der Waals surface area contributed by atoms with Gasteiger partial charge in [0.25, 0.3) is 0 Å². The minimum absolute atomic E-state index is 0.712. The molecule has 94 valence electrons. The molecule has 0 aromatic carbocycles. The number of hydrogen-bond acceptors (Lipinski definition) is 2. The molecule has 2 fully saturated rings. The normalized spacial score (nSPS) is 42.2. The SMILES string of the molecule is CCC1CCC(N2CCNC(C)CC2)C1C. The Hall–Kier alpha value is -0.0800. The van der Waals surface area contributed by atoms with Crippen LogP contribution in [0.3, 0.4) is 0 Å². The van der Waals surface area contributed by atoms with Crippen molar-refractivity contribution in [1.29, 1.82) is 0 Å². The van der Waals surface area contributed by atoms with Crippen molar-refractivity contribution < 1.29 is 0 Å². The van der Waals surface area contributed by atoms with Gasteiger partial charge in [0.05, 0.1) is 0 Å². The van der Waals surface area contributed by atoms with Crippen LogP contribution in [0.15, 0.2) is 0 Å². The second-order valence-corrected chi connectivity index (χ2v) is 5.85. The first-order chi connectivity index (χ1) is 7.72. The van der Waals surface area contributed by atoms with E-state index < -0.39 is 0 Å². The smallest absolute Gasteiger partial charge is 0.0124 e. The number of nitrogens with zero attached hydrogens (tertiary/aromatic N) is 1. The summed E-state index contributed by atoms with van der Waals surface area (Å²) in [7, 11) is 0. The fraction of sp³-hybridized carbons (Fsp3) is 1.00. The molecule has 1 aliphatic heterocycles. The lowest BCUT2D eigenvalue weighted by molar-refractivity contribution is 0.162. The first-order valence-electron chi connectivity index (χ1n) is 7.19. The highest BCUT2D eigenvalue weighted by molar-refractivity contribution is 4.89. The lowest BCUT2D eigenvalue weighted by atomic mass is 9.93. The van der Waals surface area contributed by atoms with E-state index in [0.717, 1.165) is 17.9 Å². The van der Waals surface area contributed by atoms with E-state index in [1.165, 1.54) is 45.3 Å². The van der Waals surface area contributed by atoms with E-state index in [-0.39, 0.29) is 0 Å². The van der Waals surface area contributed by atoms with E-state index in [9.17, 15) is 0 Å². The molecule has 0 amide bonds. The lowest BCUT2D eigenvalue weighted by Gasteiger charge is -2.31. The van der Waals surface area contributed by atoms with Crippen LogP contribution in [0, 0.1) is 11.8 Å². The van der Waals surface area contributed by atoms with Gasteiger partial charge in [0.1, 0.15) is 0 Å². The van der Waals surface area contributed by atoms with Crippen LogP contribution in [0.1, 0.15) is 46.5 Å². The molecular formula is C14H28N2. The molecule has 2 aliphatic rings. The average molecular weight is 224 g/mol. The Balaban J connectivity index is 1.92. The van der Waals surface area contributed by atoms with Crippen molar-refractivity contribution in [2.24, 2.45) is 11.8 Å². The molecule has 16 heavy (non-hydrogen) atoms. The highest BCUT2D eigenvalue weighted by atomic mass is 15.2. The van der Waals surface area contributed by atoms with Gasteiger partial charge in [-0.1, -0.05) is 20.3 Å². The summed E-state index contributed by atoms with van der Waals surface area (Å²) in [4.78, 5) is 2.76. The largest absolute Gasteiger partial charge is 0.313 e. The van der Waals surface area contributed by atoms with Crippen LogP contribution in [0.4, 0.5) is 0 Å². The Morgan fingerprint density at radius 3 is 2.62 bits per heavy atom. The Labute approximate surface area is 101 Å². The molecule has 1 N–H and O–H groups in total. The van der Waals surface area contributed by atoms with Crippen LogP contribution in [-0.2, 0) is 0 Å². The van der Waals surface area contributed by atoms with Gasteiger partial charge in [-0.25, -0.2) is 0 Å². The number of rotatable bonds is 2. The van der Waals surface area contributed by atoms with Crippen molar-refractivity contribution >= 4 is 0 Å². The van der Waals surface area contributed by atoms with Crippen molar-refractivity contribution in [3.8, 4) is 0 Å². The second-order valence-electron chi connectivity index (χ2n) is 5.85. The summed E-state index contributed by atoms with van der Waals surface area (Å²) in [5, 5.41) is 3.60. The highest BCUT2D eigenvalue weighted by Crippen LogP contribution is 2.37. The molecule has 1 saturated carbocycles. The molecule has 0 aromatic heterocycles. The van der Waals surface area contributed by atoms with Crippen molar-refractivity contribution in [3.05, 3.63) is 0 Å². The van der Waals surface area contributed by atoms with Gasteiger partial charge in [-0.3, -0.25) is 4.90 Å². The van der Waals surface area contributed by atoms with E-state index in [1.807, 2.05) is 0 Å². The van der Waals surface area contributed by atoms with Gasteiger partial charge in [-0.15, -0.1) is 0 Å². The molecule has 1 heterocycles. The van der Waals surface area contributed by atoms with E-state index in [4.69, 9.17) is 0 Å². The maximum Gasteiger partial charge on any atom is 0.0124 e. The van der Waals surface area contributed by atoms with Crippen LogP contribution in [0.25, 0.3) is 0 Å². The highest BCUT2D eigenvalue weighted by Gasteiger charge is 2.35. The molecule has 0 spiro atoms. The zero-order valence-electron chi connectivity index (χ0n) is 11.2. The summed E-state index contributed by atoms with van der Waals surface area (Å²) in [6, 6.07) is 1.58. The molecule has 4 unspecified atom stereocenters. The topological polar surface area (TPSA) is 15.3 Å². The fourth-order valence-corrected chi connectivity index (χ4v) is 3.68. The Bertz CT molecular complexity index is 217. The third kappa shape index (κ3) is 2.60. The molecule has 2 heteroatoms. The van der Waals surface area contributed by atoms with Crippen LogP contribution in [0.5, 0.6) is 0 Å².